The molecule has 168 valence electrons. The maximum absolute atomic E-state index is 11.2. The standard InChI is InChI=1S/C13H20O4.C9H14N2O2/c1-9(2)11(14)16-7-13(5,6)8-17-12(15)10(3)4;1-6(2)8(12)10-5-11-9(13)7(3)4/h1,3,7-8H2,2,4-6H3;1,3,5H2,2,4H3,(H,10,12)(H,11,13). The molecule has 0 saturated heterocycles. The van der Waals surface area contributed by atoms with Gasteiger partial charge in [-0.3, -0.25) is 9.59 Å². The number of carbonyl (C=O) groups excluding carboxylic acids is 4. The predicted molar refractivity (Wildman–Crippen MR) is 116 cm³/mol. The Hall–Kier alpha value is -3.16. The zero-order chi connectivity index (χ0) is 24.1. The summed E-state index contributed by atoms with van der Waals surface area (Å²) in [7, 11) is 0. The van der Waals surface area contributed by atoms with Crippen molar-refractivity contribution >= 4 is 23.8 Å². The molecule has 0 fully saturated rings. The van der Waals surface area contributed by atoms with Crippen LogP contribution in [-0.4, -0.2) is 43.6 Å². The van der Waals surface area contributed by atoms with Gasteiger partial charge in [0.15, 0.2) is 0 Å². The highest BCUT2D eigenvalue weighted by Gasteiger charge is 2.23. The number of hydrogen-bond donors (Lipinski definition) is 2. The maximum atomic E-state index is 11.2. The minimum Gasteiger partial charge on any atom is -0.462 e. The van der Waals surface area contributed by atoms with Gasteiger partial charge < -0.3 is 20.1 Å². The summed E-state index contributed by atoms with van der Waals surface area (Å²) in [6, 6.07) is 0. The molecule has 8 heteroatoms. The summed E-state index contributed by atoms with van der Waals surface area (Å²) in [5.41, 5.74) is 1.07. The van der Waals surface area contributed by atoms with Crippen LogP contribution >= 0.6 is 0 Å². The molecular weight excluding hydrogens is 388 g/mol. The molecule has 30 heavy (non-hydrogen) atoms. The summed E-state index contributed by atoms with van der Waals surface area (Å²) in [6.07, 6.45) is 0. The van der Waals surface area contributed by atoms with E-state index in [-0.39, 0.29) is 31.7 Å². The SMILES string of the molecule is C=C(C)C(=O)NCNC(=O)C(=C)C.C=C(C)C(=O)OCC(C)(C)COC(=O)C(=C)C. The van der Waals surface area contributed by atoms with E-state index >= 15 is 0 Å². The Balaban J connectivity index is 0. The molecule has 0 radical (unpaired) electrons. The first kappa shape index (κ1) is 29.0. The van der Waals surface area contributed by atoms with Gasteiger partial charge in [0.25, 0.3) is 0 Å². The van der Waals surface area contributed by atoms with Gasteiger partial charge in [-0.25, -0.2) is 9.59 Å². The molecule has 0 spiro atoms. The molecule has 0 rings (SSSR count). The van der Waals surface area contributed by atoms with Crippen molar-refractivity contribution in [2.75, 3.05) is 19.9 Å². The van der Waals surface area contributed by atoms with Crippen molar-refractivity contribution in [2.45, 2.75) is 41.5 Å². The van der Waals surface area contributed by atoms with Gasteiger partial charge >= 0.3 is 11.9 Å². The first-order chi connectivity index (χ1) is 13.6. The maximum Gasteiger partial charge on any atom is 0.333 e. The highest BCUT2D eigenvalue weighted by Crippen LogP contribution is 2.17. The summed E-state index contributed by atoms with van der Waals surface area (Å²) >= 11 is 0. The lowest BCUT2D eigenvalue weighted by atomic mass is 9.96. The highest BCUT2D eigenvalue weighted by molar-refractivity contribution is 5.94. The van der Waals surface area contributed by atoms with Crippen LogP contribution in [0.1, 0.15) is 41.5 Å². The Labute approximate surface area is 179 Å². The molecule has 0 atom stereocenters. The summed E-state index contributed by atoms with van der Waals surface area (Å²) in [6.45, 7) is 24.3. The highest BCUT2D eigenvalue weighted by atomic mass is 16.5. The molecule has 0 bridgehead atoms. The zero-order valence-corrected chi connectivity index (χ0v) is 18.9. The van der Waals surface area contributed by atoms with Gasteiger partial charge in [-0.15, -0.1) is 0 Å². The summed E-state index contributed by atoms with van der Waals surface area (Å²) in [5.74, 6) is -1.43. The molecular formula is C22H34N2O6. The van der Waals surface area contributed by atoms with E-state index in [4.69, 9.17) is 9.47 Å². The number of hydrogen-bond acceptors (Lipinski definition) is 6. The normalized spacial score (nSPS) is 9.80. The molecule has 8 nitrogen and oxygen atoms in total. The van der Waals surface area contributed by atoms with E-state index in [0.29, 0.717) is 22.3 Å². The second kappa shape index (κ2) is 13.9. The minimum atomic E-state index is -0.440. The predicted octanol–water partition coefficient (Wildman–Crippen LogP) is 2.58. The lowest BCUT2D eigenvalue weighted by Gasteiger charge is -2.23. The number of nitrogens with one attached hydrogen (secondary N) is 2. The molecule has 0 aliphatic heterocycles. The molecule has 2 N–H and O–H groups in total. The first-order valence-electron chi connectivity index (χ1n) is 9.13. The van der Waals surface area contributed by atoms with Gasteiger partial charge in [0, 0.05) is 27.7 Å². The lowest BCUT2D eigenvalue weighted by molar-refractivity contribution is -0.147. The molecule has 0 aromatic carbocycles. The van der Waals surface area contributed by atoms with E-state index in [1.165, 1.54) is 0 Å². The number of carbonyl (C=O) groups is 4. The number of rotatable bonds is 10. The zero-order valence-electron chi connectivity index (χ0n) is 18.9. The van der Waals surface area contributed by atoms with E-state index in [1.54, 1.807) is 27.7 Å². The van der Waals surface area contributed by atoms with E-state index in [1.807, 2.05) is 13.8 Å². The smallest absolute Gasteiger partial charge is 0.333 e. The fraction of sp³-hybridized carbons (Fsp3) is 0.455. The largest absolute Gasteiger partial charge is 0.462 e. The Morgan fingerprint density at radius 2 is 0.967 bits per heavy atom. The van der Waals surface area contributed by atoms with E-state index in [9.17, 15) is 19.2 Å². The third-order valence-electron chi connectivity index (χ3n) is 3.16. The fourth-order valence-electron chi connectivity index (χ4n) is 1.32. The third kappa shape index (κ3) is 14.8. The Morgan fingerprint density at radius 1 is 0.667 bits per heavy atom. The van der Waals surface area contributed by atoms with Crippen molar-refractivity contribution in [1.82, 2.24) is 10.6 Å². The minimum absolute atomic E-state index is 0.0946. The topological polar surface area (TPSA) is 111 Å². The molecule has 2 amide bonds. The van der Waals surface area contributed by atoms with Crippen LogP contribution in [0.25, 0.3) is 0 Å². The van der Waals surface area contributed by atoms with Crippen molar-refractivity contribution in [2.24, 2.45) is 5.41 Å². The fourth-order valence-corrected chi connectivity index (χ4v) is 1.32. The molecule has 0 aromatic heterocycles. The van der Waals surface area contributed by atoms with Gasteiger partial charge in [0.05, 0.1) is 19.9 Å². The van der Waals surface area contributed by atoms with E-state index in [2.05, 4.69) is 36.9 Å². The van der Waals surface area contributed by atoms with Gasteiger partial charge in [0.1, 0.15) is 0 Å². The first-order valence-corrected chi connectivity index (χ1v) is 9.13. The second-order valence-electron chi connectivity index (χ2n) is 7.63. The van der Waals surface area contributed by atoms with Gasteiger partial charge in [-0.2, -0.15) is 0 Å². The second-order valence-corrected chi connectivity index (χ2v) is 7.63. The van der Waals surface area contributed by atoms with Crippen molar-refractivity contribution in [3.05, 3.63) is 48.6 Å². The van der Waals surface area contributed by atoms with Crippen molar-refractivity contribution < 1.29 is 28.7 Å². The van der Waals surface area contributed by atoms with Crippen LogP contribution in [0.5, 0.6) is 0 Å². The molecule has 0 aromatic rings. The molecule has 0 aliphatic carbocycles. The van der Waals surface area contributed by atoms with Crippen LogP contribution in [-0.2, 0) is 28.7 Å². The van der Waals surface area contributed by atoms with Gasteiger partial charge in [-0.05, 0) is 27.7 Å². The van der Waals surface area contributed by atoms with Crippen LogP contribution in [0, 0.1) is 5.41 Å². The number of amides is 2. The average Bonchev–Trinajstić information content (AvgIpc) is 2.64. The van der Waals surface area contributed by atoms with Gasteiger partial charge in [-0.1, -0.05) is 40.2 Å². The Bertz CT molecular complexity index is 661. The Morgan fingerprint density at radius 3 is 1.20 bits per heavy atom. The van der Waals surface area contributed by atoms with Crippen LogP contribution in [0.4, 0.5) is 0 Å². The monoisotopic (exact) mass is 422 g/mol. The summed E-state index contributed by atoms with van der Waals surface area (Å²) < 4.78 is 10.0. The van der Waals surface area contributed by atoms with Crippen LogP contribution in [0.3, 0.4) is 0 Å². The Kier molecular flexibility index (Phi) is 13.5. The lowest BCUT2D eigenvalue weighted by Crippen LogP contribution is -2.37. The number of esters is 2. The molecule has 0 saturated carbocycles. The molecule has 0 aliphatic rings. The average molecular weight is 423 g/mol. The van der Waals surface area contributed by atoms with Crippen molar-refractivity contribution in [1.29, 1.82) is 0 Å². The summed E-state index contributed by atoms with van der Waals surface area (Å²) in [4.78, 5) is 44.2. The van der Waals surface area contributed by atoms with E-state index in [0.717, 1.165) is 0 Å². The van der Waals surface area contributed by atoms with Crippen molar-refractivity contribution in [3.8, 4) is 0 Å². The van der Waals surface area contributed by atoms with Crippen molar-refractivity contribution in [3.63, 3.8) is 0 Å². The van der Waals surface area contributed by atoms with Crippen LogP contribution < -0.4 is 10.6 Å². The third-order valence-corrected chi connectivity index (χ3v) is 3.16. The quantitative estimate of drug-likeness (QED) is 0.318. The van der Waals surface area contributed by atoms with Gasteiger partial charge in [0.2, 0.25) is 11.8 Å². The summed E-state index contributed by atoms with van der Waals surface area (Å²) in [5, 5.41) is 4.91. The van der Waals surface area contributed by atoms with E-state index < -0.39 is 17.4 Å². The molecule has 0 heterocycles. The number of ether oxygens (including phenoxy) is 2. The molecule has 0 unspecified atom stereocenters. The van der Waals surface area contributed by atoms with Crippen LogP contribution in [0.15, 0.2) is 48.6 Å². The van der Waals surface area contributed by atoms with Crippen LogP contribution in [0.2, 0.25) is 0 Å².